The van der Waals surface area contributed by atoms with E-state index < -0.39 is 5.60 Å². The van der Waals surface area contributed by atoms with Crippen molar-refractivity contribution in [2.45, 2.75) is 83.0 Å². The van der Waals surface area contributed by atoms with Crippen molar-refractivity contribution in [2.75, 3.05) is 0 Å². The van der Waals surface area contributed by atoms with Crippen molar-refractivity contribution in [3.8, 4) is 0 Å². The number of hydrogen-bond donors (Lipinski definition) is 2. The highest BCUT2D eigenvalue weighted by molar-refractivity contribution is 5.68. The van der Waals surface area contributed by atoms with Crippen LogP contribution in [0.3, 0.4) is 0 Å². The second kappa shape index (κ2) is 5.47. The number of ether oxygens (including phenoxy) is 1. The Kier molecular flexibility index (Phi) is 4.15. The van der Waals surface area contributed by atoms with E-state index in [9.17, 15) is 4.79 Å². The summed E-state index contributed by atoms with van der Waals surface area (Å²) in [4.78, 5) is 11.8. The smallest absolute Gasteiger partial charge is 0.407 e. The summed E-state index contributed by atoms with van der Waals surface area (Å²) in [5.74, 6) is 0. The first kappa shape index (κ1) is 13.7. The van der Waals surface area contributed by atoms with Gasteiger partial charge in [0.1, 0.15) is 5.60 Å². The van der Waals surface area contributed by atoms with E-state index >= 15 is 0 Å². The number of nitrogens with one attached hydrogen (secondary N) is 2. The summed E-state index contributed by atoms with van der Waals surface area (Å²) in [6, 6.07) is 1.35. The maximum atomic E-state index is 11.8. The van der Waals surface area contributed by atoms with Gasteiger partial charge in [-0.3, -0.25) is 0 Å². The summed E-state index contributed by atoms with van der Waals surface area (Å²) >= 11 is 0. The molecule has 1 amide bonds. The number of carbonyl (C=O) groups excluding carboxylic acids is 1. The van der Waals surface area contributed by atoms with Gasteiger partial charge in [-0.05, 0) is 46.5 Å². The van der Waals surface area contributed by atoms with E-state index in [0.29, 0.717) is 12.1 Å². The SMILES string of the molecule is CC(C)(C)OC(=O)N[C@H]1CCCC[C@H]1NC1CC1. The molecule has 0 heterocycles. The third kappa shape index (κ3) is 4.48. The van der Waals surface area contributed by atoms with E-state index in [1.807, 2.05) is 20.8 Å². The standard InChI is InChI=1S/C14H26N2O2/c1-14(2,3)18-13(17)16-12-7-5-4-6-11(12)15-10-8-9-10/h10-12,15H,4-9H2,1-3H3,(H,16,17)/t11-,12+/m1/s1. The molecule has 0 bridgehead atoms. The third-order valence-corrected chi connectivity index (χ3v) is 3.50. The van der Waals surface area contributed by atoms with Gasteiger partial charge in [-0.25, -0.2) is 4.79 Å². The number of amides is 1. The molecule has 2 atom stereocenters. The lowest BCUT2D eigenvalue weighted by molar-refractivity contribution is 0.0479. The molecule has 2 fully saturated rings. The lowest BCUT2D eigenvalue weighted by Gasteiger charge is -2.33. The lowest BCUT2D eigenvalue weighted by Crippen LogP contribution is -2.53. The monoisotopic (exact) mass is 254 g/mol. The van der Waals surface area contributed by atoms with Crippen LogP contribution in [0.25, 0.3) is 0 Å². The predicted molar refractivity (Wildman–Crippen MR) is 71.6 cm³/mol. The van der Waals surface area contributed by atoms with Crippen LogP contribution in [0.4, 0.5) is 4.79 Å². The van der Waals surface area contributed by atoms with Crippen LogP contribution in [-0.4, -0.2) is 29.8 Å². The zero-order valence-electron chi connectivity index (χ0n) is 11.8. The summed E-state index contributed by atoms with van der Waals surface area (Å²) < 4.78 is 5.33. The number of carbonyl (C=O) groups is 1. The number of rotatable bonds is 3. The molecule has 0 radical (unpaired) electrons. The van der Waals surface area contributed by atoms with Crippen molar-refractivity contribution >= 4 is 6.09 Å². The molecular formula is C14H26N2O2. The van der Waals surface area contributed by atoms with Gasteiger partial charge in [0.25, 0.3) is 0 Å². The van der Waals surface area contributed by atoms with Gasteiger partial charge in [-0.1, -0.05) is 12.8 Å². The summed E-state index contributed by atoms with van der Waals surface area (Å²) in [6.45, 7) is 5.69. The first-order valence-corrected chi connectivity index (χ1v) is 7.19. The summed E-state index contributed by atoms with van der Waals surface area (Å²) in [5, 5.41) is 6.68. The minimum atomic E-state index is -0.418. The molecule has 0 aliphatic heterocycles. The normalized spacial score (nSPS) is 28.8. The predicted octanol–water partition coefficient (Wildman–Crippen LogP) is 2.57. The highest BCUT2D eigenvalue weighted by Crippen LogP contribution is 2.25. The molecule has 4 heteroatoms. The fraction of sp³-hybridized carbons (Fsp3) is 0.929. The van der Waals surface area contributed by atoms with Crippen molar-refractivity contribution in [1.82, 2.24) is 10.6 Å². The molecule has 0 saturated heterocycles. The van der Waals surface area contributed by atoms with Crippen molar-refractivity contribution in [2.24, 2.45) is 0 Å². The van der Waals surface area contributed by atoms with Crippen molar-refractivity contribution in [3.63, 3.8) is 0 Å². The Labute approximate surface area is 110 Å². The van der Waals surface area contributed by atoms with Gasteiger partial charge in [0, 0.05) is 18.1 Å². The Hall–Kier alpha value is -0.770. The lowest BCUT2D eigenvalue weighted by atomic mass is 9.90. The molecule has 2 N–H and O–H groups in total. The molecule has 104 valence electrons. The van der Waals surface area contributed by atoms with Gasteiger partial charge < -0.3 is 15.4 Å². The summed E-state index contributed by atoms with van der Waals surface area (Å²) in [7, 11) is 0. The van der Waals surface area contributed by atoms with Crippen LogP contribution >= 0.6 is 0 Å². The average molecular weight is 254 g/mol. The molecular weight excluding hydrogens is 228 g/mol. The van der Waals surface area contributed by atoms with Crippen LogP contribution in [0, 0.1) is 0 Å². The fourth-order valence-electron chi connectivity index (χ4n) is 2.51. The second-order valence-corrected chi connectivity index (χ2v) is 6.58. The average Bonchev–Trinajstić information content (AvgIpc) is 3.02. The summed E-state index contributed by atoms with van der Waals surface area (Å²) in [5.41, 5.74) is -0.418. The minimum Gasteiger partial charge on any atom is -0.444 e. The van der Waals surface area contributed by atoms with E-state index in [2.05, 4.69) is 10.6 Å². The van der Waals surface area contributed by atoms with Crippen LogP contribution in [0.1, 0.15) is 59.3 Å². The third-order valence-electron chi connectivity index (χ3n) is 3.50. The van der Waals surface area contributed by atoms with E-state index in [4.69, 9.17) is 4.74 Å². The molecule has 0 unspecified atom stereocenters. The largest absolute Gasteiger partial charge is 0.444 e. The van der Waals surface area contributed by atoms with Crippen LogP contribution in [-0.2, 0) is 4.74 Å². The van der Waals surface area contributed by atoms with Crippen molar-refractivity contribution in [3.05, 3.63) is 0 Å². The molecule has 2 saturated carbocycles. The maximum Gasteiger partial charge on any atom is 0.407 e. The van der Waals surface area contributed by atoms with Crippen LogP contribution < -0.4 is 10.6 Å². The van der Waals surface area contributed by atoms with Gasteiger partial charge >= 0.3 is 6.09 Å². The Balaban J connectivity index is 1.82. The Morgan fingerprint density at radius 3 is 2.22 bits per heavy atom. The molecule has 0 aromatic rings. The van der Waals surface area contributed by atoms with E-state index in [1.165, 1.54) is 25.7 Å². The minimum absolute atomic E-state index is 0.231. The van der Waals surface area contributed by atoms with Gasteiger partial charge in [-0.15, -0.1) is 0 Å². The van der Waals surface area contributed by atoms with E-state index in [0.717, 1.165) is 12.8 Å². The van der Waals surface area contributed by atoms with Crippen LogP contribution in [0.5, 0.6) is 0 Å². The van der Waals surface area contributed by atoms with Gasteiger partial charge in [0.15, 0.2) is 0 Å². The first-order valence-electron chi connectivity index (χ1n) is 7.19. The molecule has 2 aliphatic rings. The topological polar surface area (TPSA) is 50.4 Å². The van der Waals surface area contributed by atoms with Crippen molar-refractivity contribution < 1.29 is 9.53 Å². The van der Waals surface area contributed by atoms with E-state index in [1.54, 1.807) is 0 Å². The molecule has 0 spiro atoms. The Bertz CT molecular complexity index is 295. The molecule has 18 heavy (non-hydrogen) atoms. The Morgan fingerprint density at radius 1 is 1.06 bits per heavy atom. The fourth-order valence-corrected chi connectivity index (χ4v) is 2.51. The highest BCUT2D eigenvalue weighted by Gasteiger charge is 2.32. The molecule has 4 nitrogen and oxygen atoms in total. The van der Waals surface area contributed by atoms with Gasteiger partial charge in [0.2, 0.25) is 0 Å². The van der Waals surface area contributed by atoms with Gasteiger partial charge in [-0.2, -0.15) is 0 Å². The van der Waals surface area contributed by atoms with E-state index in [-0.39, 0.29) is 12.1 Å². The number of alkyl carbamates (subject to hydrolysis) is 1. The number of hydrogen-bond acceptors (Lipinski definition) is 3. The zero-order valence-corrected chi connectivity index (χ0v) is 11.8. The highest BCUT2D eigenvalue weighted by atomic mass is 16.6. The molecule has 0 aromatic heterocycles. The molecule has 2 rings (SSSR count). The Morgan fingerprint density at radius 2 is 1.67 bits per heavy atom. The maximum absolute atomic E-state index is 11.8. The van der Waals surface area contributed by atoms with Gasteiger partial charge in [0.05, 0.1) is 0 Å². The molecule has 2 aliphatic carbocycles. The quantitative estimate of drug-likeness (QED) is 0.814. The van der Waals surface area contributed by atoms with Crippen molar-refractivity contribution in [1.29, 1.82) is 0 Å². The zero-order chi connectivity index (χ0) is 13.2. The molecule has 0 aromatic carbocycles. The second-order valence-electron chi connectivity index (χ2n) is 6.58. The van der Waals surface area contributed by atoms with Crippen LogP contribution in [0.2, 0.25) is 0 Å². The summed E-state index contributed by atoms with van der Waals surface area (Å²) in [6.07, 6.45) is 6.98. The first-order chi connectivity index (χ1) is 8.44. The van der Waals surface area contributed by atoms with Crippen LogP contribution in [0.15, 0.2) is 0 Å².